The second-order valence-electron chi connectivity index (χ2n) is 5.55. The minimum absolute atomic E-state index is 0.136. The van der Waals surface area contributed by atoms with E-state index in [-0.39, 0.29) is 18.2 Å². The first-order valence-electron chi connectivity index (χ1n) is 7.38. The van der Waals surface area contributed by atoms with E-state index < -0.39 is 12.8 Å². The van der Waals surface area contributed by atoms with Gasteiger partial charge in [0.25, 0.3) is 5.91 Å². The van der Waals surface area contributed by atoms with Crippen molar-refractivity contribution in [2.45, 2.75) is 26.6 Å². The number of carbonyl (C=O) groups is 1. The lowest BCUT2D eigenvalue weighted by atomic mass is 10.1. The van der Waals surface area contributed by atoms with Gasteiger partial charge in [0, 0.05) is 12.1 Å². The summed E-state index contributed by atoms with van der Waals surface area (Å²) in [6.45, 7) is 2.78. The fourth-order valence-electron chi connectivity index (χ4n) is 2.21. The van der Waals surface area contributed by atoms with E-state index in [0.717, 1.165) is 16.7 Å². The fourth-order valence-corrected chi connectivity index (χ4v) is 2.21. The number of benzene rings is 2. The lowest BCUT2D eigenvalue weighted by Crippen LogP contribution is -2.23. The summed E-state index contributed by atoms with van der Waals surface area (Å²) >= 11 is 0. The third-order valence-electron chi connectivity index (χ3n) is 3.41. The van der Waals surface area contributed by atoms with Gasteiger partial charge in [-0.1, -0.05) is 29.8 Å². The summed E-state index contributed by atoms with van der Waals surface area (Å²) in [5.74, 6) is -0.0540. The Morgan fingerprint density at radius 3 is 2.33 bits per heavy atom. The van der Waals surface area contributed by atoms with Crippen LogP contribution in [0.5, 0.6) is 5.75 Å². The molecular formula is C18H18F3NO2. The molecule has 0 radical (unpaired) electrons. The molecule has 2 aromatic rings. The highest BCUT2D eigenvalue weighted by Gasteiger charge is 2.28. The fraction of sp³-hybridized carbons (Fsp3) is 0.278. The molecule has 0 saturated carbocycles. The zero-order chi connectivity index (χ0) is 17.7. The Labute approximate surface area is 138 Å². The Bertz CT molecular complexity index is 709. The van der Waals surface area contributed by atoms with Crippen LogP contribution < -0.4 is 10.1 Å². The Kier molecular flexibility index (Phi) is 5.49. The summed E-state index contributed by atoms with van der Waals surface area (Å²) in [4.78, 5) is 12.2. The first-order chi connectivity index (χ1) is 11.2. The van der Waals surface area contributed by atoms with Crippen LogP contribution >= 0.6 is 0 Å². The molecule has 1 N–H and O–H groups in total. The molecule has 6 heteroatoms. The summed E-state index contributed by atoms with van der Waals surface area (Å²) in [6.07, 6.45) is -4.36. The van der Waals surface area contributed by atoms with Gasteiger partial charge in [0.2, 0.25) is 0 Å². The monoisotopic (exact) mass is 337 g/mol. The van der Waals surface area contributed by atoms with E-state index in [0.29, 0.717) is 5.56 Å². The van der Waals surface area contributed by atoms with Gasteiger partial charge in [-0.3, -0.25) is 4.79 Å². The Morgan fingerprint density at radius 1 is 1.08 bits per heavy atom. The molecule has 0 aliphatic carbocycles. The van der Waals surface area contributed by atoms with Crippen molar-refractivity contribution in [3.05, 3.63) is 64.7 Å². The maximum absolute atomic E-state index is 12.2. The van der Waals surface area contributed by atoms with Crippen LogP contribution in [0.4, 0.5) is 13.2 Å². The highest BCUT2D eigenvalue weighted by molar-refractivity contribution is 5.95. The van der Waals surface area contributed by atoms with E-state index in [9.17, 15) is 18.0 Å². The lowest BCUT2D eigenvalue weighted by Gasteiger charge is -2.11. The number of halogens is 3. The zero-order valence-electron chi connectivity index (χ0n) is 13.4. The van der Waals surface area contributed by atoms with Gasteiger partial charge < -0.3 is 10.1 Å². The molecule has 0 aliphatic heterocycles. The number of aryl methyl sites for hydroxylation is 2. The molecule has 0 fully saturated rings. The molecule has 0 heterocycles. The highest BCUT2D eigenvalue weighted by atomic mass is 19.4. The molecule has 0 spiro atoms. The van der Waals surface area contributed by atoms with Gasteiger partial charge in [-0.25, -0.2) is 0 Å². The second kappa shape index (κ2) is 7.38. The van der Waals surface area contributed by atoms with E-state index in [4.69, 9.17) is 0 Å². The van der Waals surface area contributed by atoms with Crippen molar-refractivity contribution in [3.8, 4) is 5.75 Å². The second-order valence-corrected chi connectivity index (χ2v) is 5.55. The zero-order valence-corrected chi connectivity index (χ0v) is 13.4. The van der Waals surface area contributed by atoms with Gasteiger partial charge in [-0.15, -0.1) is 0 Å². The van der Waals surface area contributed by atoms with Crippen molar-refractivity contribution in [1.82, 2.24) is 5.32 Å². The van der Waals surface area contributed by atoms with Gasteiger partial charge in [-0.05, 0) is 43.2 Å². The van der Waals surface area contributed by atoms with Crippen molar-refractivity contribution in [1.29, 1.82) is 0 Å². The predicted molar refractivity (Wildman–Crippen MR) is 85.1 cm³/mol. The SMILES string of the molecule is Cc1ccc(C(=O)NCc2ccc(OCC(F)(F)F)cc2)c(C)c1. The van der Waals surface area contributed by atoms with Gasteiger partial charge >= 0.3 is 6.18 Å². The number of rotatable bonds is 5. The average Bonchev–Trinajstić information content (AvgIpc) is 2.51. The van der Waals surface area contributed by atoms with E-state index >= 15 is 0 Å². The van der Waals surface area contributed by atoms with Crippen molar-refractivity contribution in [3.63, 3.8) is 0 Å². The normalized spacial score (nSPS) is 11.2. The maximum atomic E-state index is 12.2. The number of hydrogen-bond donors (Lipinski definition) is 1. The largest absolute Gasteiger partial charge is 0.484 e. The quantitative estimate of drug-likeness (QED) is 0.889. The summed E-state index contributed by atoms with van der Waals surface area (Å²) in [5, 5.41) is 2.79. The number of amides is 1. The first-order valence-corrected chi connectivity index (χ1v) is 7.38. The predicted octanol–water partition coefficient (Wildman–Crippen LogP) is 4.17. The Morgan fingerprint density at radius 2 is 1.75 bits per heavy atom. The molecule has 0 aliphatic rings. The van der Waals surface area contributed by atoms with Gasteiger partial charge in [0.05, 0.1) is 0 Å². The summed E-state index contributed by atoms with van der Waals surface area (Å²) in [7, 11) is 0. The number of nitrogens with one attached hydrogen (secondary N) is 1. The maximum Gasteiger partial charge on any atom is 0.422 e. The molecule has 0 unspecified atom stereocenters. The van der Waals surface area contributed by atoms with Crippen molar-refractivity contribution in [2.24, 2.45) is 0 Å². The third kappa shape index (κ3) is 5.30. The van der Waals surface area contributed by atoms with Gasteiger partial charge in [-0.2, -0.15) is 13.2 Å². The molecule has 0 bridgehead atoms. The molecule has 2 rings (SSSR count). The van der Waals surface area contributed by atoms with Crippen LogP contribution in [0, 0.1) is 13.8 Å². The Balaban J connectivity index is 1.91. The lowest BCUT2D eigenvalue weighted by molar-refractivity contribution is -0.153. The topological polar surface area (TPSA) is 38.3 Å². The van der Waals surface area contributed by atoms with Crippen LogP contribution in [-0.2, 0) is 6.54 Å². The number of hydrogen-bond acceptors (Lipinski definition) is 2. The van der Waals surface area contributed by atoms with E-state index in [1.165, 1.54) is 12.1 Å². The molecule has 0 saturated heterocycles. The van der Waals surface area contributed by atoms with Crippen LogP contribution in [-0.4, -0.2) is 18.7 Å². The van der Waals surface area contributed by atoms with Gasteiger partial charge in [0.15, 0.2) is 6.61 Å². The minimum atomic E-state index is -4.36. The minimum Gasteiger partial charge on any atom is -0.484 e. The molecule has 128 valence electrons. The smallest absolute Gasteiger partial charge is 0.422 e. The summed E-state index contributed by atoms with van der Waals surface area (Å²) in [6, 6.07) is 11.7. The molecule has 2 aromatic carbocycles. The summed E-state index contributed by atoms with van der Waals surface area (Å²) in [5.41, 5.74) is 3.35. The van der Waals surface area contributed by atoms with Crippen LogP contribution in [0.15, 0.2) is 42.5 Å². The number of alkyl halides is 3. The van der Waals surface area contributed by atoms with E-state index in [1.807, 2.05) is 26.0 Å². The van der Waals surface area contributed by atoms with Crippen LogP contribution in [0.3, 0.4) is 0 Å². The summed E-state index contributed by atoms with van der Waals surface area (Å²) < 4.78 is 40.9. The van der Waals surface area contributed by atoms with Crippen LogP contribution in [0.1, 0.15) is 27.0 Å². The Hall–Kier alpha value is -2.50. The van der Waals surface area contributed by atoms with Gasteiger partial charge in [0.1, 0.15) is 5.75 Å². The van der Waals surface area contributed by atoms with Crippen LogP contribution in [0.25, 0.3) is 0 Å². The first kappa shape index (κ1) is 17.8. The van der Waals surface area contributed by atoms with Crippen molar-refractivity contribution >= 4 is 5.91 Å². The standard InChI is InChI=1S/C18H18F3NO2/c1-12-3-8-16(13(2)9-12)17(23)22-10-14-4-6-15(7-5-14)24-11-18(19,20)21/h3-9H,10-11H2,1-2H3,(H,22,23). The molecule has 3 nitrogen and oxygen atoms in total. The van der Waals surface area contributed by atoms with E-state index in [1.54, 1.807) is 18.2 Å². The molecule has 24 heavy (non-hydrogen) atoms. The highest BCUT2D eigenvalue weighted by Crippen LogP contribution is 2.19. The van der Waals surface area contributed by atoms with Crippen molar-refractivity contribution < 1.29 is 22.7 Å². The number of ether oxygens (including phenoxy) is 1. The number of carbonyl (C=O) groups excluding carboxylic acids is 1. The molecular weight excluding hydrogens is 319 g/mol. The van der Waals surface area contributed by atoms with Crippen molar-refractivity contribution in [2.75, 3.05) is 6.61 Å². The van der Waals surface area contributed by atoms with Crippen LogP contribution in [0.2, 0.25) is 0 Å². The molecule has 1 amide bonds. The van der Waals surface area contributed by atoms with E-state index in [2.05, 4.69) is 10.1 Å². The average molecular weight is 337 g/mol. The molecule has 0 aromatic heterocycles. The molecule has 0 atom stereocenters. The third-order valence-corrected chi connectivity index (χ3v) is 3.41.